The SMILES string of the molecule is COC(=O)c1ccccc1NC(=O)c1cc(-c2cccc3ccccc23)n[nH]1. The standard InChI is InChI=1S/C22H17N3O3/c1-28-22(27)17-10-4-5-12-18(17)23-21(26)20-13-19(24-25-20)16-11-6-8-14-7-2-3-9-15(14)16/h2-13H,1H3,(H,23,26)(H,24,25). The largest absolute Gasteiger partial charge is 0.465 e. The topological polar surface area (TPSA) is 84.1 Å². The van der Waals surface area contributed by atoms with Gasteiger partial charge < -0.3 is 10.1 Å². The van der Waals surface area contributed by atoms with Crippen LogP contribution in [0.1, 0.15) is 20.8 Å². The molecule has 0 aliphatic rings. The van der Waals surface area contributed by atoms with Crippen molar-refractivity contribution in [3.63, 3.8) is 0 Å². The normalized spacial score (nSPS) is 10.6. The van der Waals surface area contributed by atoms with Crippen LogP contribution >= 0.6 is 0 Å². The molecule has 0 atom stereocenters. The first-order valence-electron chi connectivity index (χ1n) is 8.69. The Morgan fingerprint density at radius 3 is 2.57 bits per heavy atom. The van der Waals surface area contributed by atoms with Gasteiger partial charge in [0.15, 0.2) is 0 Å². The molecule has 4 rings (SSSR count). The third-order valence-corrected chi connectivity index (χ3v) is 4.47. The summed E-state index contributed by atoms with van der Waals surface area (Å²) in [5.74, 6) is -0.910. The Kier molecular flexibility index (Phi) is 4.60. The Morgan fingerprint density at radius 2 is 1.71 bits per heavy atom. The van der Waals surface area contributed by atoms with Gasteiger partial charge in [-0.3, -0.25) is 9.89 Å². The molecule has 1 aromatic heterocycles. The molecule has 0 unspecified atom stereocenters. The predicted molar refractivity (Wildman–Crippen MR) is 107 cm³/mol. The average molecular weight is 371 g/mol. The lowest BCUT2D eigenvalue weighted by Gasteiger charge is -2.08. The van der Waals surface area contributed by atoms with Crippen molar-refractivity contribution in [2.24, 2.45) is 0 Å². The molecule has 138 valence electrons. The fourth-order valence-corrected chi connectivity index (χ4v) is 3.09. The molecule has 0 saturated carbocycles. The van der Waals surface area contributed by atoms with E-state index in [0.29, 0.717) is 17.1 Å². The lowest BCUT2D eigenvalue weighted by atomic mass is 10.0. The van der Waals surface area contributed by atoms with Gasteiger partial charge in [0.1, 0.15) is 5.69 Å². The fraction of sp³-hybridized carbons (Fsp3) is 0.0455. The minimum absolute atomic E-state index is 0.284. The van der Waals surface area contributed by atoms with Crippen LogP contribution in [0, 0.1) is 0 Å². The number of aromatic nitrogens is 2. The number of H-pyrrole nitrogens is 1. The van der Waals surface area contributed by atoms with Gasteiger partial charge >= 0.3 is 5.97 Å². The zero-order chi connectivity index (χ0) is 19.5. The van der Waals surface area contributed by atoms with Gasteiger partial charge in [-0.2, -0.15) is 5.10 Å². The molecule has 0 spiro atoms. The first-order valence-corrected chi connectivity index (χ1v) is 8.69. The Labute approximate surface area is 161 Å². The molecule has 0 aliphatic heterocycles. The maximum atomic E-state index is 12.7. The molecule has 0 bridgehead atoms. The molecular formula is C22H17N3O3. The molecule has 4 aromatic rings. The Bertz CT molecular complexity index is 1180. The van der Waals surface area contributed by atoms with E-state index in [4.69, 9.17) is 4.74 Å². The minimum Gasteiger partial charge on any atom is -0.465 e. The maximum Gasteiger partial charge on any atom is 0.339 e. The highest BCUT2D eigenvalue weighted by Gasteiger charge is 2.16. The number of esters is 1. The van der Waals surface area contributed by atoms with Gasteiger partial charge in [-0.25, -0.2) is 4.79 Å². The highest BCUT2D eigenvalue weighted by molar-refractivity contribution is 6.07. The summed E-state index contributed by atoms with van der Waals surface area (Å²) in [5, 5.41) is 12.0. The smallest absolute Gasteiger partial charge is 0.339 e. The second-order valence-electron chi connectivity index (χ2n) is 6.18. The van der Waals surface area contributed by atoms with Crippen molar-refractivity contribution >= 4 is 28.3 Å². The van der Waals surface area contributed by atoms with Crippen LogP contribution in [0.4, 0.5) is 5.69 Å². The molecule has 2 N–H and O–H groups in total. The van der Waals surface area contributed by atoms with Gasteiger partial charge in [-0.15, -0.1) is 0 Å². The van der Waals surface area contributed by atoms with Crippen LogP contribution < -0.4 is 5.32 Å². The zero-order valence-electron chi connectivity index (χ0n) is 15.1. The Morgan fingerprint density at radius 1 is 0.964 bits per heavy atom. The van der Waals surface area contributed by atoms with Crippen LogP contribution in [-0.4, -0.2) is 29.2 Å². The Hall–Kier alpha value is -3.93. The second-order valence-corrected chi connectivity index (χ2v) is 6.18. The van der Waals surface area contributed by atoms with Crippen LogP contribution in [0.3, 0.4) is 0 Å². The van der Waals surface area contributed by atoms with Crippen molar-refractivity contribution in [2.45, 2.75) is 0 Å². The molecule has 3 aromatic carbocycles. The summed E-state index contributed by atoms with van der Waals surface area (Å²) in [6.45, 7) is 0. The number of carbonyl (C=O) groups is 2. The molecule has 1 heterocycles. The van der Waals surface area contributed by atoms with E-state index in [0.717, 1.165) is 16.3 Å². The lowest BCUT2D eigenvalue weighted by molar-refractivity contribution is 0.0602. The Balaban J connectivity index is 1.63. The lowest BCUT2D eigenvalue weighted by Crippen LogP contribution is -2.15. The fourth-order valence-electron chi connectivity index (χ4n) is 3.09. The molecule has 0 radical (unpaired) electrons. The summed E-state index contributed by atoms with van der Waals surface area (Å²) in [4.78, 5) is 24.5. The third-order valence-electron chi connectivity index (χ3n) is 4.47. The quantitative estimate of drug-likeness (QED) is 0.525. The van der Waals surface area contributed by atoms with Crippen molar-refractivity contribution in [1.82, 2.24) is 10.2 Å². The predicted octanol–water partition coefficient (Wildman–Crippen LogP) is 4.27. The molecule has 0 fully saturated rings. The average Bonchev–Trinajstić information content (AvgIpc) is 3.23. The van der Waals surface area contributed by atoms with Crippen LogP contribution in [-0.2, 0) is 4.74 Å². The van der Waals surface area contributed by atoms with E-state index in [1.54, 1.807) is 30.3 Å². The van der Waals surface area contributed by atoms with E-state index in [9.17, 15) is 9.59 Å². The number of fused-ring (bicyclic) bond motifs is 1. The first kappa shape index (κ1) is 17.5. The number of ether oxygens (including phenoxy) is 1. The van der Waals surface area contributed by atoms with E-state index < -0.39 is 11.9 Å². The maximum absolute atomic E-state index is 12.7. The minimum atomic E-state index is -0.517. The van der Waals surface area contributed by atoms with E-state index >= 15 is 0 Å². The van der Waals surface area contributed by atoms with E-state index in [-0.39, 0.29) is 5.56 Å². The summed E-state index contributed by atoms with van der Waals surface area (Å²) in [7, 11) is 1.30. The number of carbonyl (C=O) groups excluding carboxylic acids is 2. The van der Waals surface area contributed by atoms with Crippen molar-refractivity contribution in [2.75, 3.05) is 12.4 Å². The number of para-hydroxylation sites is 1. The molecule has 6 nitrogen and oxygen atoms in total. The summed E-state index contributed by atoms with van der Waals surface area (Å²) in [5.41, 5.74) is 2.56. The highest BCUT2D eigenvalue weighted by atomic mass is 16.5. The molecule has 28 heavy (non-hydrogen) atoms. The van der Waals surface area contributed by atoms with Crippen LogP contribution in [0.15, 0.2) is 72.8 Å². The van der Waals surface area contributed by atoms with E-state index in [2.05, 4.69) is 15.5 Å². The van der Waals surface area contributed by atoms with E-state index in [1.165, 1.54) is 7.11 Å². The van der Waals surface area contributed by atoms with Crippen LogP contribution in [0.25, 0.3) is 22.0 Å². The van der Waals surface area contributed by atoms with Gasteiger partial charge in [0.25, 0.3) is 5.91 Å². The number of rotatable bonds is 4. The van der Waals surface area contributed by atoms with Crippen molar-refractivity contribution in [3.05, 3.63) is 84.1 Å². The number of amides is 1. The van der Waals surface area contributed by atoms with Crippen LogP contribution in [0.5, 0.6) is 0 Å². The van der Waals surface area contributed by atoms with Gasteiger partial charge in [0.2, 0.25) is 0 Å². The summed E-state index contributed by atoms with van der Waals surface area (Å²) < 4.78 is 4.76. The number of nitrogens with one attached hydrogen (secondary N) is 2. The molecule has 0 saturated heterocycles. The summed E-state index contributed by atoms with van der Waals surface area (Å²) in [6.07, 6.45) is 0. The summed E-state index contributed by atoms with van der Waals surface area (Å²) >= 11 is 0. The third kappa shape index (κ3) is 3.23. The zero-order valence-corrected chi connectivity index (χ0v) is 15.1. The van der Waals surface area contributed by atoms with Gasteiger partial charge in [-0.1, -0.05) is 54.6 Å². The van der Waals surface area contributed by atoms with E-state index in [1.807, 2.05) is 42.5 Å². The van der Waals surface area contributed by atoms with Crippen LogP contribution in [0.2, 0.25) is 0 Å². The van der Waals surface area contributed by atoms with Gasteiger partial charge in [0, 0.05) is 5.56 Å². The van der Waals surface area contributed by atoms with Crippen molar-refractivity contribution in [1.29, 1.82) is 0 Å². The second kappa shape index (κ2) is 7.36. The number of nitrogens with zero attached hydrogens (tertiary/aromatic N) is 1. The molecule has 1 amide bonds. The van der Waals surface area contributed by atoms with Crippen molar-refractivity contribution in [3.8, 4) is 11.3 Å². The first-order chi connectivity index (χ1) is 13.7. The number of anilines is 1. The molecule has 0 aliphatic carbocycles. The van der Waals surface area contributed by atoms with Gasteiger partial charge in [-0.05, 0) is 29.0 Å². The summed E-state index contributed by atoms with van der Waals surface area (Å²) in [6, 6.07) is 22.3. The highest BCUT2D eigenvalue weighted by Crippen LogP contribution is 2.27. The monoisotopic (exact) mass is 371 g/mol. The number of hydrogen-bond donors (Lipinski definition) is 2. The van der Waals surface area contributed by atoms with Gasteiger partial charge in [0.05, 0.1) is 24.1 Å². The number of aromatic amines is 1. The number of methoxy groups -OCH3 is 1. The molecule has 6 heteroatoms. The number of benzene rings is 3. The molecular weight excluding hydrogens is 354 g/mol. The number of hydrogen-bond acceptors (Lipinski definition) is 4. The van der Waals surface area contributed by atoms with Crippen molar-refractivity contribution < 1.29 is 14.3 Å².